The van der Waals surface area contributed by atoms with Gasteiger partial charge < -0.3 is 10.5 Å². The molecule has 0 fully saturated rings. The first kappa shape index (κ1) is 12.0. The summed E-state index contributed by atoms with van der Waals surface area (Å²) < 4.78 is 31.8. The highest BCUT2D eigenvalue weighted by molar-refractivity contribution is 7.07. The molecule has 0 aliphatic heterocycles. The standard InChI is InChI=1S/C12H11F2NOS/c13-9-2-1-3-10(12(9)14)16-11(6-15)8-4-5-17-7-8/h1-5,7,11H,6,15H2. The molecule has 2 N–H and O–H groups in total. The van der Waals surface area contributed by atoms with Crippen LogP contribution < -0.4 is 10.5 Å². The summed E-state index contributed by atoms with van der Waals surface area (Å²) in [5.41, 5.74) is 6.43. The molecule has 90 valence electrons. The molecule has 2 nitrogen and oxygen atoms in total. The fraction of sp³-hybridized carbons (Fsp3) is 0.167. The van der Waals surface area contributed by atoms with Crippen LogP contribution in [0.25, 0.3) is 0 Å². The van der Waals surface area contributed by atoms with E-state index in [1.54, 1.807) is 0 Å². The Bertz CT molecular complexity index is 487. The molecule has 0 bridgehead atoms. The van der Waals surface area contributed by atoms with E-state index in [0.717, 1.165) is 11.6 Å². The van der Waals surface area contributed by atoms with Crippen molar-refractivity contribution in [1.29, 1.82) is 0 Å². The lowest BCUT2D eigenvalue weighted by Crippen LogP contribution is -2.18. The number of halogens is 2. The van der Waals surface area contributed by atoms with E-state index in [1.807, 2.05) is 16.8 Å². The quantitative estimate of drug-likeness (QED) is 0.911. The second kappa shape index (κ2) is 5.25. The Balaban J connectivity index is 2.22. The Morgan fingerprint density at radius 1 is 1.29 bits per heavy atom. The average Bonchev–Trinajstić information content (AvgIpc) is 2.85. The van der Waals surface area contributed by atoms with Crippen LogP contribution in [0.2, 0.25) is 0 Å². The molecular formula is C12H11F2NOS. The van der Waals surface area contributed by atoms with Crippen molar-refractivity contribution < 1.29 is 13.5 Å². The topological polar surface area (TPSA) is 35.2 Å². The number of benzene rings is 1. The van der Waals surface area contributed by atoms with E-state index in [-0.39, 0.29) is 12.3 Å². The Morgan fingerprint density at radius 2 is 2.12 bits per heavy atom. The summed E-state index contributed by atoms with van der Waals surface area (Å²) in [6.07, 6.45) is -0.461. The minimum absolute atomic E-state index is 0.119. The lowest BCUT2D eigenvalue weighted by molar-refractivity contribution is 0.202. The van der Waals surface area contributed by atoms with E-state index >= 15 is 0 Å². The van der Waals surface area contributed by atoms with Crippen molar-refractivity contribution >= 4 is 11.3 Å². The number of hydrogen-bond acceptors (Lipinski definition) is 3. The minimum atomic E-state index is -0.985. The van der Waals surface area contributed by atoms with Crippen molar-refractivity contribution in [3.8, 4) is 5.75 Å². The van der Waals surface area contributed by atoms with Crippen molar-refractivity contribution in [1.82, 2.24) is 0 Å². The molecule has 0 saturated heterocycles. The molecule has 1 atom stereocenters. The first-order valence-electron chi connectivity index (χ1n) is 5.05. The summed E-state index contributed by atoms with van der Waals surface area (Å²) in [4.78, 5) is 0. The smallest absolute Gasteiger partial charge is 0.200 e. The average molecular weight is 255 g/mol. The Hall–Kier alpha value is -1.46. The van der Waals surface area contributed by atoms with Gasteiger partial charge in [-0.3, -0.25) is 0 Å². The highest BCUT2D eigenvalue weighted by Gasteiger charge is 2.16. The number of rotatable bonds is 4. The van der Waals surface area contributed by atoms with Crippen molar-refractivity contribution in [2.24, 2.45) is 5.73 Å². The van der Waals surface area contributed by atoms with Crippen LogP contribution in [0.4, 0.5) is 8.78 Å². The molecular weight excluding hydrogens is 244 g/mol. The Labute approximate surface area is 102 Å². The first-order valence-corrected chi connectivity index (χ1v) is 5.99. The zero-order valence-corrected chi connectivity index (χ0v) is 9.71. The number of hydrogen-bond donors (Lipinski definition) is 1. The Morgan fingerprint density at radius 3 is 2.76 bits per heavy atom. The van der Waals surface area contributed by atoms with E-state index < -0.39 is 17.7 Å². The third-order valence-electron chi connectivity index (χ3n) is 2.31. The summed E-state index contributed by atoms with van der Waals surface area (Å²) in [5.74, 6) is -2.03. The van der Waals surface area contributed by atoms with Crippen LogP contribution in [0, 0.1) is 11.6 Å². The predicted molar refractivity (Wildman–Crippen MR) is 63.1 cm³/mol. The van der Waals surface area contributed by atoms with Gasteiger partial charge in [0, 0.05) is 12.1 Å². The molecule has 17 heavy (non-hydrogen) atoms. The van der Waals surface area contributed by atoms with Crippen molar-refractivity contribution in [2.75, 3.05) is 6.54 Å². The van der Waals surface area contributed by atoms with Crippen LogP contribution in [-0.4, -0.2) is 6.54 Å². The van der Waals surface area contributed by atoms with Crippen LogP contribution in [0.1, 0.15) is 11.7 Å². The highest BCUT2D eigenvalue weighted by atomic mass is 32.1. The molecule has 0 amide bonds. The zero-order chi connectivity index (χ0) is 12.3. The fourth-order valence-electron chi connectivity index (χ4n) is 1.44. The minimum Gasteiger partial charge on any atom is -0.481 e. The number of thiophene rings is 1. The van der Waals surface area contributed by atoms with Crippen molar-refractivity contribution in [2.45, 2.75) is 6.10 Å². The van der Waals surface area contributed by atoms with Gasteiger partial charge in [0.1, 0.15) is 6.10 Å². The lowest BCUT2D eigenvalue weighted by Gasteiger charge is -2.16. The predicted octanol–water partition coefficient (Wildman–Crippen LogP) is 3.11. The van der Waals surface area contributed by atoms with Gasteiger partial charge in [0.2, 0.25) is 5.82 Å². The third kappa shape index (κ3) is 2.62. The van der Waals surface area contributed by atoms with Crippen LogP contribution >= 0.6 is 11.3 Å². The molecule has 2 rings (SSSR count). The third-order valence-corrected chi connectivity index (χ3v) is 3.02. The first-order chi connectivity index (χ1) is 8.22. The fourth-order valence-corrected chi connectivity index (χ4v) is 2.14. The van der Waals surface area contributed by atoms with Crippen LogP contribution in [0.15, 0.2) is 35.0 Å². The summed E-state index contributed by atoms with van der Waals surface area (Å²) in [5, 5.41) is 3.75. The second-order valence-electron chi connectivity index (χ2n) is 3.45. The molecule has 0 radical (unpaired) electrons. The summed E-state index contributed by atoms with van der Waals surface area (Å²) in [7, 11) is 0. The molecule has 0 saturated carbocycles. The maximum absolute atomic E-state index is 13.4. The van der Waals surface area contributed by atoms with Gasteiger partial charge in [-0.15, -0.1) is 0 Å². The van der Waals surface area contributed by atoms with Crippen LogP contribution in [0.5, 0.6) is 5.75 Å². The maximum atomic E-state index is 13.4. The van der Waals surface area contributed by atoms with E-state index in [0.29, 0.717) is 0 Å². The van der Waals surface area contributed by atoms with Gasteiger partial charge in [0.25, 0.3) is 0 Å². The molecule has 1 aromatic carbocycles. The van der Waals surface area contributed by atoms with Crippen molar-refractivity contribution in [3.63, 3.8) is 0 Å². The summed E-state index contributed by atoms with van der Waals surface area (Å²) in [6.45, 7) is 0.201. The second-order valence-corrected chi connectivity index (χ2v) is 4.23. The molecule has 2 aromatic rings. The van der Waals surface area contributed by atoms with Gasteiger partial charge in [0.05, 0.1) is 0 Å². The van der Waals surface area contributed by atoms with Gasteiger partial charge in [-0.2, -0.15) is 15.7 Å². The van der Waals surface area contributed by atoms with E-state index in [2.05, 4.69) is 0 Å². The number of ether oxygens (including phenoxy) is 1. The normalized spacial score (nSPS) is 12.4. The molecule has 5 heteroatoms. The summed E-state index contributed by atoms with van der Waals surface area (Å²) in [6, 6.07) is 5.67. The van der Waals surface area contributed by atoms with Gasteiger partial charge in [-0.05, 0) is 29.0 Å². The summed E-state index contributed by atoms with van der Waals surface area (Å²) >= 11 is 1.50. The van der Waals surface area contributed by atoms with Crippen molar-refractivity contribution in [3.05, 3.63) is 52.2 Å². The lowest BCUT2D eigenvalue weighted by atomic mass is 10.2. The SMILES string of the molecule is NCC(Oc1cccc(F)c1F)c1ccsc1. The molecule has 0 aliphatic carbocycles. The van der Waals surface area contributed by atoms with Gasteiger partial charge in [-0.25, -0.2) is 4.39 Å². The zero-order valence-electron chi connectivity index (χ0n) is 8.90. The van der Waals surface area contributed by atoms with Crippen LogP contribution in [0.3, 0.4) is 0 Å². The van der Waals surface area contributed by atoms with E-state index in [4.69, 9.17) is 10.5 Å². The van der Waals surface area contributed by atoms with Gasteiger partial charge in [-0.1, -0.05) is 6.07 Å². The van der Waals surface area contributed by atoms with Crippen LogP contribution in [-0.2, 0) is 0 Å². The molecule has 1 aromatic heterocycles. The maximum Gasteiger partial charge on any atom is 0.200 e. The van der Waals surface area contributed by atoms with Gasteiger partial charge >= 0.3 is 0 Å². The molecule has 0 aliphatic rings. The van der Waals surface area contributed by atoms with E-state index in [9.17, 15) is 8.78 Å². The molecule has 1 unspecified atom stereocenters. The highest BCUT2D eigenvalue weighted by Crippen LogP contribution is 2.26. The Kier molecular flexibility index (Phi) is 3.71. The molecule has 1 heterocycles. The molecule has 0 spiro atoms. The largest absolute Gasteiger partial charge is 0.481 e. The number of nitrogens with two attached hydrogens (primary N) is 1. The monoisotopic (exact) mass is 255 g/mol. The van der Waals surface area contributed by atoms with E-state index in [1.165, 1.54) is 23.5 Å². The van der Waals surface area contributed by atoms with Gasteiger partial charge in [0.15, 0.2) is 11.6 Å².